The Morgan fingerprint density at radius 3 is 2.46 bits per heavy atom. The summed E-state index contributed by atoms with van der Waals surface area (Å²) in [4.78, 5) is 25.7. The van der Waals surface area contributed by atoms with E-state index < -0.39 is 0 Å². The van der Waals surface area contributed by atoms with Crippen molar-refractivity contribution in [3.8, 4) is 0 Å². The molecule has 2 amide bonds. The van der Waals surface area contributed by atoms with E-state index in [-0.39, 0.29) is 17.5 Å². The number of carbonyl (C=O) groups is 2. The Kier molecular flexibility index (Phi) is 6.32. The highest BCUT2D eigenvalue weighted by Gasteiger charge is 2.15. The van der Waals surface area contributed by atoms with Crippen LogP contribution >= 0.6 is 11.3 Å². The Bertz CT molecular complexity index is 716. The van der Waals surface area contributed by atoms with Crippen molar-refractivity contribution in [2.24, 2.45) is 5.92 Å². The molecule has 0 fully saturated rings. The maximum absolute atomic E-state index is 12.4. The van der Waals surface area contributed by atoms with Crippen LogP contribution in [0.25, 0.3) is 6.08 Å². The second-order valence-electron chi connectivity index (χ2n) is 6.00. The lowest BCUT2D eigenvalue weighted by Crippen LogP contribution is -2.36. The van der Waals surface area contributed by atoms with Gasteiger partial charge >= 0.3 is 0 Å². The number of benzene rings is 1. The summed E-state index contributed by atoms with van der Waals surface area (Å²) in [6.07, 6.45) is 1.70. The van der Waals surface area contributed by atoms with Crippen LogP contribution in [0, 0.1) is 12.8 Å². The van der Waals surface area contributed by atoms with Crippen LogP contribution < -0.4 is 10.6 Å². The Labute approximate surface area is 146 Å². The summed E-state index contributed by atoms with van der Waals surface area (Å²) < 4.78 is 0. The fourth-order valence-electron chi connectivity index (χ4n) is 1.97. The minimum Gasteiger partial charge on any atom is -0.351 e. The fourth-order valence-corrected chi connectivity index (χ4v) is 2.62. The molecule has 2 rings (SSSR count). The monoisotopic (exact) mass is 342 g/mol. The van der Waals surface area contributed by atoms with Crippen LogP contribution in [0.2, 0.25) is 0 Å². The Morgan fingerprint density at radius 1 is 1.17 bits per heavy atom. The van der Waals surface area contributed by atoms with Crippen molar-refractivity contribution < 1.29 is 9.59 Å². The first-order chi connectivity index (χ1) is 11.5. The summed E-state index contributed by atoms with van der Waals surface area (Å²) in [5, 5.41) is 7.50. The van der Waals surface area contributed by atoms with Gasteiger partial charge in [0.15, 0.2) is 0 Å². The van der Waals surface area contributed by atoms with Crippen LogP contribution in [0.4, 0.5) is 0 Å². The van der Waals surface area contributed by atoms with Crippen LogP contribution in [0.15, 0.2) is 47.5 Å². The molecule has 0 bridgehead atoms. The van der Waals surface area contributed by atoms with E-state index in [0.717, 1.165) is 10.4 Å². The molecule has 0 radical (unpaired) electrons. The van der Waals surface area contributed by atoms with E-state index in [1.807, 2.05) is 50.4 Å². The molecule has 0 aliphatic rings. The molecule has 0 saturated heterocycles. The predicted octanol–water partition coefficient (Wildman–Crippen LogP) is 3.60. The maximum atomic E-state index is 12.4. The lowest BCUT2D eigenvalue weighted by Gasteiger charge is -2.12. The average molecular weight is 342 g/mol. The van der Waals surface area contributed by atoms with Gasteiger partial charge in [0.25, 0.3) is 11.8 Å². The minimum absolute atomic E-state index is 0.253. The normalized spacial score (nSPS) is 11.4. The zero-order valence-electron chi connectivity index (χ0n) is 14.1. The number of nitrogens with one attached hydrogen (secondary N) is 2. The second-order valence-corrected chi connectivity index (χ2v) is 6.98. The molecule has 0 saturated carbocycles. The third kappa shape index (κ3) is 5.35. The molecule has 1 aromatic carbocycles. The van der Waals surface area contributed by atoms with Crippen LogP contribution in [0.1, 0.15) is 34.6 Å². The quantitative estimate of drug-likeness (QED) is 0.788. The Balaban J connectivity index is 2.17. The molecule has 4 nitrogen and oxygen atoms in total. The van der Waals surface area contributed by atoms with Crippen molar-refractivity contribution in [3.63, 3.8) is 0 Å². The van der Waals surface area contributed by atoms with Crippen molar-refractivity contribution in [3.05, 3.63) is 63.5 Å². The number of hydrogen-bond donors (Lipinski definition) is 2. The molecule has 1 aromatic heterocycles. The molecule has 2 N–H and O–H groups in total. The zero-order valence-corrected chi connectivity index (χ0v) is 14.9. The minimum atomic E-state index is -0.294. The molecule has 1 heterocycles. The lowest BCUT2D eigenvalue weighted by molar-refractivity contribution is -0.117. The van der Waals surface area contributed by atoms with Gasteiger partial charge in [-0.25, -0.2) is 0 Å². The van der Waals surface area contributed by atoms with Gasteiger partial charge in [-0.3, -0.25) is 9.59 Å². The Morgan fingerprint density at radius 2 is 1.88 bits per heavy atom. The number of carbonyl (C=O) groups excluding carboxylic acids is 2. The van der Waals surface area contributed by atoms with Crippen molar-refractivity contribution in [1.29, 1.82) is 0 Å². The number of hydrogen-bond acceptors (Lipinski definition) is 3. The van der Waals surface area contributed by atoms with E-state index in [9.17, 15) is 9.59 Å². The first-order valence-corrected chi connectivity index (χ1v) is 8.75. The molecule has 0 spiro atoms. The molecule has 2 aromatic rings. The van der Waals surface area contributed by atoms with Crippen molar-refractivity contribution in [2.45, 2.75) is 20.8 Å². The second kappa shape index (κ2) is 8.45. The van der Waals surface area contributed by atoms with E-state index in [1.165, 1.54) is 11.3 Å². The zero-order chi connectivity index (χ0) is 17.5. The molecule has 0 aliphatic heterocycles. The summed E-state index contributed by atoms with van der Waals surface area (Å²) in [5.41, 5.74) is 1.86. The number of rotatable bonds is 6. The number of aryl methyl sites for hydroxylation is 1. The van der Waals surface area contributed by atoms with Crippen molar-refractivity contribution in [2.75, 3.05) is 6.54 Å². The molecular weight excluding hydrogens is 320 g/mol. The van der Waals surface area contributed by atoms with Crippen LogP contribution in [0.5, 0.6) is 0 Å². The molecule has 5 heteroatoms. The summed E-state index contributed by atoms with van der Waals surface area (Å²) in [6, 6.07) is 11.0. The van der Waals surface area contributed by atoms with Gasteiger partial charge in [-0.2, -0.15) is 0 Å². The molecule has 126 valence electrons. The summed E-state index contributed by atoms with van der Waals surface area (Å²) in [5.74, 6) is -0.236. The molecule has 0 aliphatic carbocycles. The van der Waals surface area contributed by atoms with Crippen LogP contribution in [-0.4, -0.2) is 18.4 Å². The van der Waals surface area contributed by atoms with Gasteiger partial charge < -0.3 is 10.6 Å². The van der Waals surface area contributed by atoms with Gasteiger partial charge in [0.05, 0.1) is 0 Å². The third-order valence-corrected chi connectivity index (χ3v) is 4.13. The lowest BCUT2D eigenvalue weighted by atomic mass is 10.1. The SMILES string of the molecule is Cc1ccc(C(=O)NC(=Cc2cccs2)C(=O)NCC(C)C)cc1. The van der Waals surface area contributed by atoms with E-state index >= 15 is 0 Å². The van der Waals surface area contributed by atoms with Gasteiger partial charge in [0, 0.05) is 17.0 Å². The molecule has 24 heavy (non-hydrogen) atoms. The number of amides is 2. The topological polar surface area (TPSA) is 58.2 Å². The first-order valence-electron chi connectivity index (χ1n) is 7.87. The summed E-state index contributed by atoms with van der Waals surface area (Å²) in [7, 11) is 0. The van der Waals surface area contributed by atoms with Crippen LogP contribution in [-0.2, 0) is 4.79 Å². The van der Waals surface area contributed by atoms with Gasteiger partial charge in [0.2, 0.25) is 0 Å². The van der Waals surface area contributed by atoms with Gasteiger partial charge in [-0.15, -0.1) is 11.3 Å². The molecular formula is C19H22N2O2S. The molecule has 0 unspecified atom stereocenters. The smallest absolute Gasteiger partial charge is 0.267 e. The third-order valence-electron chi connectivity index (χ3n) is 3.31. The van der Waals surface area contributed by atoms with Gasteiger partial charge in [0.1, 0.15) is 5.70 Å². The van der Waals surface area contributed by atoms with Crippen molar-refractivity contribution >= 4 is 29.2 Å². The highest BCUT2D eigenvalue weighted by Crippen LogP contribution is 2.13. The summed E-state index contributed by atoms with van der Waals surface area (Å²) >= 11 is 1.51. The summed E-state index contributed by atoms with van der Waals surface area (Å²) in [6.45, 7) is 6.56. The van der Waals surface area contributed by atoms with Gasteiger partial charge in [-0.1, -0.05) is 37.6 Å². The molecule has 0 atom stereocenters. The highest BCUT2D eigenvalue weighted by molar-refractivity contribution is 7.10. The van der Waals surface area contributed by atoms with E-state index in [2.05, 4.69) is 10.6 Å². The van der Waals surface area contributed by atoms with E-state index in [4.69, 9.17) is 0 Å². The van der Waals surface area contributed by atoms with Crippen LogP contribution in [0.3, 0.4) is 0 Å². The Hall–Kier alpha value is -2.40. The fraction of sp³-hybridized carbons (Fsp3) is 0.263. The van der Waals surface area contributed by atoms with E-state index in [1.54, 1.807) is 18.2 Å². The maximum Gasteiger partial charge on any atom is 0.267 e. The standard InChI is InChI=1S/C19H22N2O2S/c1-13(2)12-20-19(23)17(11-16-5-4-10-24-16)21-18(22)15-8-6-14(3)7-9-15/h4-11,13H,12H2,1-3H3,(H,20,23)(H,21,22). The average Bonchev–Trinajstić information content (AvgIpc) is 3.05. The predicted molar refractivity (Wildman–Crippen MR) is 98.8 cm³/mol. The van der Waals surface area contributed by atoms with Crippen molar-refractivity contribution in [1.82, 2.24) is 10.6 Å². The first kappa shape index (κ1) is 17.9. The number of thiophene rings is 1. The van der Waals surface area contributed by atoms with E-state index in [0.29, 0.717) is 18.0 Å². The largest absolute Gasteiger partial charge is 0.351 e. The highest BCUT2D eigenvalue weighted by atomic mass is 32.1. The van der Waals surface area contributed by atoms with Gasteiger partial charge in [-0.05, 0) is 42.5 Å².